The largest absolute Gasteiger partial charge is 0.480 e. The minimum Gasteiger partial charge on any atom is -0.480 e. The molecule has 6 nitrogen and oxygen atoms in total. The molecule has 3 rings (SSSR count). The highest BCUT2D eigenvalue weighted by atomic mass is 16.4. The van der Waals surface area contributed by atoms with Crippen molar-refractivity contribution in [2.24, 2.45) is 0 Å². The van der Waals surface area contributed by atoms with Crippen LogP contribution in [0.2, 0.25) is 0 Å². The van der Waals surface area contributed by atoms with E-state index in [0.717, 1.165) is 44.6 Å². The van der Waals surface area contributed by atoms with Crippen LogP contribution in [0.3, 0.4) is 0 Å². The maximum absolute atomic E-state index is 10.9. The highest BCUT2D eigenvalue weighted by Gasteiger charge is 2.21. The molecule has 1 aliphatic heterocycles. The molecule has 1 aliphatic rings. The Morgan fingerprint density at radius 3 is 2.76 bits per heavy atom. The number of likely N-dealkylation sites (N-methyl/N-ethyl adjacent to an activating group) is 1. The first kappa shape index (κ1) is 17.6. The summed E-state index contributed by atoms with van der Waals surface area (Å²) in [6.45, 7) is 3.15. The summed E-state index contributed by atoms with van der Waals surface area (Å²) in [5.41, 5.74) is 2.42. The first-order valence-corrected chi connectivity index (χ1v) is 8.83. The molecule has 1 atom stereocenters. The molecular weight excluding hydrogens is 316 g/mol. The number of carboxylic acids is 1. The van der Waals surface area contributed by atoms with Crippen molar-refractivity contribution in [1.82, 2.24) is 19.4 Å². The molecule has 1 saturated heterocycles. The summed E-state index contributed by atoms with van der Waals surface area (Å²) < 4.78 is 2.00. The molecule has 0 radical (unpaired) electrons. The minimum atomic E-state index is -0.749. The molecule has 0 aliphatic carbocycles. The van der Waals surface area contributed by atoms with Crippen LogP contribution in [-0.2, 0) is 11.3 Å². The van der Waals surface area contributed by atoms with E-state index in [0.29, 0.717) is 6.04 Å². The van der Waals surface area contributed by atoms with Crippen molar-refractivity contribution < 1.29 is 9.90 Å². The van der Waals surface area contributed by atoms with E-state index in [1.54, 1.807) is 12.5 Å². The van der Waals surface area contributed by atoms with Gasteiger partial charge >= 0.3 is 5.97 Å². The molecule has 2 aromatic rings. The average Bonchev–Trinajstić information content (AvgIpc) is 3.02. The summed E-state index contributed by atoms with van der Waals surface area (Å²) in [6, 6.07) is 8.96. The van der Waals surface area contributed by atoms with Gasteiger partial charge in [-0.1, -0.05) is 12.1 Å². The lowest BCUT2D eigenvalue weighted by Gasteiger charge is -2.25. The summed E-state index contributed by atoms with van der Waals surface area (Å²) in [7, 11) is 1.92. The topological polar surface area (TPSA) is 61.6 Å². The number of likely N-dealkylation sites (tertiary alicyclic amines) is 1. The fraction of sp³-hybridized carbons (Fsp3) is 0.474. The van der Waals surface area contributed by atoms with Crippen LogP contribution < -0.4 is 0 Å². The Morgan fingerprint density at radius 2 is 2.08 bits per heavy atom. The molecule has 1 fully saturated rings. The summed E-state index contributed by atoms with van der Waals surface area (Å²) >= 11 is 0. The third-order valence-electron chi connectivity index (χ3n) is 4.94. The number of aliphatic carboxylic acids is 1. The Balaban J connectivity index is 1.54. The second-order valence-corrected chi connectivity index (χ2v) is 6.81. The van der Waals surface area contributed by atoms with E-state index in [2.05, 4.69) is 34.1 Å². The maximum Gasteiger partial charge on any atom is 0.317 e. The molecule has 0 spiro atoms. The van der Waals surface area contributed by atoms with E-state index in [1.165, 1.54) is 5.56 Å². The summed E-state index contributed by atoms with van der Waals surface area (Å²) in [4.78, 5) is 19.4. The third-order valence-corrected chi connectivity index (χ3v) is 4.94. The zero-order valence-electron chi connectivity index (χ0n) is 14.7. The van der Waals surface area contributed by atoms with Gasteiger partial charge in [-0.05, 0) is 57.1 Å². The Kier molecular flexibility index (Phi) is 5.83. The van der Waals surface area contributed by atoms with Gasteiger partial charge in [-0.2, -0.15) is 0 Å². The van der Waals surface area contributed by atoms with E-state index in [-0.39, 0.29) is 6.54 Å². The van der Waals surface area contributed by atoms with Crippen molar-refractivity contribution in [2.45, 2.75) is 31.8 Å². The average molecular weight is 342 g/mol. The Hall–Kier alpha value is -2.18. The number of imidazole rings is 1. The summed E-state index contributed by atoms with van der Waals surface area (Å²) in [5, 5.41) is 8.96. The second-order valence-electron chi connectivity index (χ2n) is 6.81. The van der Waals surface area contributed by atoms with Gasteiger partial charge in [-0.3, -0.25) is 14.6 Å². The van der Waals surface area contributed by atoms with Crippen LogP contribution in [-0.4, -0.2) is 63.2 Å². The highest BCUT2D eigenvalue weighted by molar-refractivity contribution is 5.69. The molecule has 1 aromatic heterocycles. The first-order valence-electron chi connectivity index (χ1n) is 8.83. The predicted octanol–water partition coefficient (Wildman–Crippen LogP) is 2.24. The van der Waals surface area contributed by atoms with Crippen molar-refractivity contribution in [2.75, 3.05) is 26.7 Å². The zero-order valence-corrected chi connectivity index (χ0v) is 14.7. The van der Waals surface area contributed by atoms with Crippen molar-refractivity contribution in [1.29, 1.82) is 0 Å². The number of carbonyl (C=O) groups is 1. The molecule has 0 bridgehead atoms. The molecule has 1 unspecified atom stereocenters. The van der Waals surface area contributed by atoms with Gasteiger partial charge in [0.05, 0.1) is 12.9 Å². The van der Waals surface area contributed by atoms with E-state index in [4.69, 9.17) is 5.11 Å². The van der Waals surface area contributed by atoms with Gasteiger partial charge in [0.25, 0.3) is 0 Å². The van der Waals surface area contributed by atoms with Gasteiger partial charge in [-0.15, -0.1) is 0 Å². The standard InChI is InChI=1S/C19H26N4O2/c1-21(14-19(24)25)17-3-2-10-22(11-8-17)13-16-4-6-18(7-5-16)23-12-9-20-15-23/h4-7,9,12,15,17H,2-3,8,10-11,13-14H2,1H3,(H,24,25). The number of aromatic nitrogens is 2. The van der Waals surface area contributed by atoms with E-state index in [1.807, 2.05) is 22.7 Å². The SMILES string of the molecule is CN(CC(=O)O)C1CCCN(Cc2ccc(-n3ccnc3)cc2)CC1. The second kappa shape index (κ2) is 8.27. The molecule has 1 N–H and O–H groups in total. The van der Waals surface area contributed by atoms with Crippen LogP contribution in [0.4, 0.5) is 0 Å². The predicted molar refractivity (Wildman–Crippen MR) is 96.7 cm³/mol. The molecule has 0 saturated carbocycles. The molecule has 25 heavy (non-hydrogen) atoms. The van der Waals surface area contributed by atoms with Gasteiger partial charge < -0.3 is 9.67 Å². The fourth-order valence-corrected chi connectivity index (χ4v) is 3.52. The monoisotopic (exact) mass is 342 g/mol. The Labute approximate surface area is 148 Å². The third kappa shape index (κ3) is 4.90. The van der Waals surface area contributed by atoms with Crippen molar-refractivity contribution in [3.05, 3.63) is 48.5 Å². The zero-order chi connectivity index (χ0) is 17.6. The summed E-state index contributed by atoms with van der Waals surface area (Å²) in [5.74, 6) is -0.749. The normalized spacial score (nSPS) is 19.0. The fourth-order valence-electron chi connectivity index (χ4n) is 3.52. The van der Waals surface area contributed by atoms with Crippen LogP contribution in [0, 0.1) is 0 Å². The van der Waals surface area contributed by atoms with Crippen molar-refractivity contribution in [3.63, 3.8) is 0 Å². The van der Waals surface area contributed by atoms with Crippen LogP contribution in [0.5, 0.6) is 0 Å². The highest BCUT2D eigenvalue weighted by Crippen LogP contribution is 2.18. The van der Waals surface area contributed by atoms with Crippen LogP contribution >= 0.6 is 0 Å². The molecular formula is C19H26N4O2. The first-order chi connectivity index (χ1) is 12.1. The summed E-state index contributed by atoms with van der Waals surface area (Å²) in [6.07, 6.45) is 8.73. The van der Waals surface area contributed by atoms with E-state index < -0.39 is 5.97 Å². The van der Waals surface area contributed by atoms with Crippen LogP contribution in [0.25, 0.3) is 5.69 Å². The van der Waals surface area contributed by atoms with E-state index >= 15 is 0 Å². The van der Waals surface area contributed by atoms with E-state index in [9.17, 15) is 4.79 Å². The molecule has 134 valence electrons. The lowest BCUT2D eigenvalue weighted by molar-refractivity contribution is -0.138. The number of rotatable bonds is 6. The molecule has 6 heteroatoms. The van der Waals surface area contributed by atoms with Crippen molar-refractivity contribution in [3.8, 4) is 5.69 Å². The Morgan fingerprint density at radius 1 is 1.28 bits per heavy atom. The van der Waals surface area contributed by atoms with Crippen molar-refractivity contribution >= 4 is 5.97 Å². The number of hydrogen-bond acceptors (Lipinski definition) is 4. The minimum absolute atomic E-state index is 0.125. The van der Waals surface area contributed by atoms with Gasteiger partial charge in [-0.25, -0.2) is 4.98 Å². The number of benzene rings is 1. The van der Waals surface area contributed by atoms with Crippen LogP contribution in [0.1, 0.15) is 24.8 Å². The Bertz CT molecular complexity index is 669. The smallest absolute Gasteiger partial charge is 0.317 e. The van der Waals surface area contributed by atoms with Gasteiger partial charge in [0, 0.05) is 30.7 Å². The quantitative estimate of drug-likeness (QED) is 0.872. The number of hydrogen-bond donors (Lipinski definition) is 1. The number of nitrogens with zero attached hydrogens (tertiary/aromatic N) is 4. The van der Waals surface area contributed by atoms with Crippen LogP contribution in [0.15, 0.2) is 43.0 Å². The van der Waals surface area contributed by atoms with Gasteiger partial charge in [0.15, 0.2) is 0 Å². The molecule has 1 aromatic carbocycles. The molecule has 2 heterocycles. The lowest BCUT2D eigenvalue weighted by Crippen LogP contribution is -2.36. The lowest BCUT2D eigenvalue weighted by atomic mass is 10.1. The van der Waals surface area contributed by atoms with Gasteiger partial charge in [0.2, 0.25) is 0 Å². The maximum atomic E-state index is 10.9. The molecule has 0 amide bonds. The number of carboxylic acid groups (broad SMARTS) is 1. The van der Waals surface area contributed by atoms with Gasteiger partial charge in [0.1, 0.15) is 0 Å².